The first kappa shape index (κ1) is 15.8. The quantitative estimate of drug-likeness (QED) is 0.868. The maximum Gasteiger partial charge on any atom is 0.573 e. The summed E-state index contributed by atoms with van der Waals surface area (Å²) >= 11 is 0. The van der Waals surface area contributed by atoms with Gasteiger partial charge in [0.05, 0.1) is 5.41 Å². The van der Waals surface area contributed by atoms with Crippen LogP contribution in [0, 0.1) is 5.41 Å². The molecule has 1 saturated heterocycles. The van der Waals surface area contributed by atoms with E-state index in [1.165, 1.54) is 12.1 Å². The Bertz CT molecular complexity index is 510. The highest BCUT2D eigenvalue weighted by molar-refractivity contribution is 6.01. The summed E-state index contributed by atoms with van der Waals surface area (Å²) in [6.07, 6.45) is -3.86. The van der Waals surface area contributed by atoms with Gasteiger partial charge in [0.25, 0.3) is 0 Å². The first-order valence-electron chi connectivity index (χ1n) is 6.55. The third kappa shape index (κ3) is 3.74. The Morgan fingerprint density at radius 3 is 2.57 bits per heavy atom. The first-order valence-corrected chi connectivity index (χ1v) is 6.55. The van der Waals surface area contributed by atoms with Crippen molar-refractivity contribution in [3.63, 3.8) is 0 Å². The Labute approximate surface area is 120 Å². The van der Waals surface area contributed by atoms with Gasteiger partial charge in [0.1, 0.15) is 5.75 Å². The fourth-order valence-electron chi connectivity index (χ4n) is 2.43. The summed E-state index contributed by atoms with van der Waals surface area (Å²) < 4.78 is 45.7. The van der Waals surface area contributed by atoms with Gasteiger partial charge >= 0.3 is 6.36 Å². The number of alkyl halides is 3. The van der Waals surface area contributed by atoms with E-state index in [1.807, 2.05) is 0 Å². The zero-order chi connectivity index (χ0) is 15.5. The second kappa shape index (κ2) is 6.03. The maximum absolute atomic E-state index is 12.6. The molecule has 0 radical (unpaired) electrons. The largest absolute Gasteiger partial charge is 0.573 e. The molecule has 0 aromatic heterocycles. The zero-order valence-corrected chi connectivity index (χ0v) is 11.3. The highest BCUT2D eigenvalue weighted by Crippen LogP contribution is 2.34. The number of benzene rings is 1. The normalized spacial score (nSPS) is 18.3. The summed E-state index contributed by atoms with van der Waals surface area (Å²) in [5, 5.41) is 0. The van der Waals surface area contributed by atoms with Crippen LogP contribution in [-0.4, -0.2) is 31.9 Å². The number of nitrogens with two attached hydrogens (primary N) is 1. The number of Topliss-reactive ketones (excluding diaryl/α,β-unsaturated/α-hetero) is 1. The highest BCUT2D eigenvalue weighted by atomic mass is 19.4. The fourth-order valence-corrected chi connectivity index (χ4v) is 2.43. The van der Waals surface area contributed by atoms with Gasteiger partial charge < -0.3 is 15.2 Å². The Balaban J connectivity index is 2.24. The summed E-state index contributed by atoms with van der Waals surface area (Å²) in [5.74, 6) is -0.673. The standard InChI is InChI=1S/C14H16F3NO3/c15-14(16,17)21-11-3-1-2-10(8-11)12(19)13(9-18)4-6-20-7-5-13/h1-3,8H,4-7,9,18H2. The molecule has 21 heavy (non-hydrogen) atoms. The van der Waals surface area contributed by atoms with Crippen LogP contribution in [0.15, 0.2) is 24.3 Å². The molecule has 1 aliphatic heterocycles. The molecule has 7 heteroatoms. The topological polar surface area (TPSA) is 61.6 Å². The number of carbonyl (C=O) groups excluding carboxylic acids is 1. The summed E-state index contributed by atoms with van der Waals surface area (Å²) in [6.45, 7) is 0.975. The number of ether oxygens (including phenoxy) is 2. The van der Waals surface area contributed by atoms with Crippen LogP contribution in [0.4, 0.5) is 13.2 Å². The van der Waals surface area contributed by atoms with Crippen molar-refractivity contribution in [2.75, 3.05) is 19.8 Å². The van der Waals surface area contributed by atoms with Crippen molar-refractivity contribution >= 4 is 5.78 Å². The molecule has 2 N–H and O–H groups in total. The molecule has 4 nitrogen and oxygen atoms in total. The van der Waals surface area contributed by atoms with E-state index < -0.39 is 17.5 Å². The van der Waals surface area contributed by atoms with Crippen molar-refractivity contribution < 1.29 is 27.4 Å². The van der Waals surface area contributed by atoms with Crippen LogP contribution in [0.3, 0.4) is 0 Å². The lowest BCUT2D eigenvalue weighted by Crippen LogP contribution is -2.43. The predicted octanol–water partition coefficient (Wildman–Crippen LogP) is 2.52. The molecule has 0 unspecified atom stereocenters. The predicted molar refractivity (Wildman–Crippen MR) is 69.0 cm³/mol. The molecule has 0 amide bonds. The van der Waals surface area contributed by atoms with Gasteiger partial charge in [-0.05, 0) is 25.0 Å². The minimum absolute atomic E-state index is 0.138. The van der Waals surface area contributed by atoms with Gasteiger partial charge in [0, 0.05) is 25.3 Å². The summed E-state index contributed by atoms with van der Waals surface area (Å²) in [5.41, 5.74) is 5.13. The summed E-state index contributed by atoms with van der Waals surface area (Å²) in [6, 6.07) is 5.09. The van der Waals surface area contributed by atoms with Crippen LogP contribution in [-0.2, 0) is 4.74 Å². The third-order valence-electron chi connectivity index (χ3n) is 3.65. The minimum Gasteiger partial charge on any atom is -0.406 e. The highest BCUT2D eigenvalue weighted by Gasteiger charge is 2.39. The van der Waals surface area contributed by atoms with Crippen LogP contribution >= 0.6 is 0 Å². The smallest absolute Gasteiger partial charge is 0.406 e. The monoisotopic (exact) mass is 303 g/mol. The lowest BCUT2D eigenvalue weighted by Gasteiger charge is -2.34. The van der Waals surface area contributed by atoms with Crippen molar-refractivity contribution in [1.29, 1.82) is 0 Å². The molecule has 1 fully saturated rings. The van der Waals surface area contributed by atoms with Crippen molar-refractivity contribution in [3.8, 4) is 5.75 Å². The summed E-state index contributed by atoms with van der Waals surface area (Å²) in [7, 11) is 0. The number of halogens is 3. The second-order valence-electron chi connectivity index (χ2n) is 5.00. The Kier molecular flexibility index (Phi) is 4.53. The molecule has 0 aliphatic carbocycles. The average molecular weight is 303 g/mol. The van der Waals surface area contributed by atoms with Gasteiger partial charge in [0.15, 0.2) is 5.78 Å². The number of carbonyl (C=O) groups is 1. The molecule has 1 heterocycles. The molecule has 1 aromatic carbocycles. The number of hydrogen-bond donors (Lipinski definition) is 1. The van der Waals surface area contributed by atoms with E-state index in [2.05, 4.69) is 4.74 Å². The SMILES string of the molecule is NCC1(C(=O)c2cccc(OC(F)(F)F)c2)CCOCC1. The number of rotatable bonds is 4. The van der Waals surface area contributed by atoms with Crippen LogP contribution in [0.1, 0.15) is 23.2 Å². The van der Waals surface area contributed by atoms with E-state index in [-0.39, 0.29) is 17.9 Å². The van der Waals surface area contributed by atoms with Crippen LogP contribution in [0.2, 0.25) is 0 Å². The molecule has 116 valence electrons. The van der Waals surface area contributed by atoms with Gasteiger partial charge in [-0.15, -0.1) is 13.2 Å². The van der Waals surface area contributed by atoms with Crippen LogP contribution < -0.4 is 10.5 Å². The Hall–Kier alpha value is -1.60. The van der Waals surface area contributed by atoms with Crippen molar-refractivity contribution in [1.82, 2.24) is 0 Å². The molecular weight excluding hydrogens is 287 g/mol. The lowest BCUT2D eigenvalue weighted by molar-refractivity contribution is -0.274. The minimum atomic E-state index is -4.79. The van der Waals surface area contributed by atoms with Gasteiger partial charge in [0.2, 0.25) is 0 Å². The van der Waals surface area contributed by atoms with E-state index in [1.54, 1.807) is 0 Å². The number of hydrogen-bond acceptors (Lipinski definition) is 4. The van der Waals surface area contributed by atoms with Crippen molar-refractivity contribution in [3.05, 3.63) is 29.8 Å². The Morgan fingerprint density at radius 2 is 2.00 bits per heavy atom. The van der Waals surface area contributed by atoms with E-state index in [0.717, 1.165) is 12.1 Å². The molecule has 0 saturated carbocycles. The second-order valence-corrected chi connectivity index (χ2v) is 5.00. The third-order valence-corrected chi connectivity index (χ3v) is 3.65. The van der Waals surface area contributed by atoms with Crippen molar-refractivity contribution in [2.45, 2.75) is 19.2 Å². The first-order chi connectivity index (χ1) is 9.86. The molecule has 0 atom stereocenters. The number of ketones is 1. The van der Waals surface area contributed by atoms with Crippen molar-refractivity contribution in [2.24, 2.45) is 11.1 Å². The van der Waals surface area contributed by atoms with E-state index in [9.17, 15) is 18.0 Å². The lowest BCUT2D eigenvalue weighted by atomic mass is 9.74. The van der Waals surface area contributed by atoms with E-state index >= 15 is 0 Å². The zero-order valence-electron chi connectivity index (χ0n) is 11.3. The molecule has 1 aliphatic rings. The van der Waals surface area contributed by atoms with E-state index in [4.69, 9.17) is 10.5 Å². The Morgan fingerprint density at radius 1 is 1.33 bits per heavy atom. The molecular formula is C14H16F3NO3. The molecule has 0 bridgehead atoms. The molecule has 2 rings (SSSR count). The van der Waals surface area contributed by atoms with Crippen LogP contribution in [0.5, 0.6) is 5.75 Å². The molecule has 1 aromatic rings. The fraction of sp³-hybridized carbons (Fsp3) is 0.500. The van der Waals surface area contributed by atoms with Gasteiger partial charge in [-0.1, -0.05) is 12.1 Å². The van der Waals surface area contributed by atoms with E-state index in [0.29, 0.717) is 26.1 Å². The molecule has 0 spiro atoms. The van der Waals surface area contributed by atoms with Crippen LogP contribution in [0.25, 0.3) is 0 Å². The summed E-state index contributed by atoms with van der Waals surface area (Å²) in [4.78, 5) is 12.6. The maximum atomic E-state index is 12.6. The van der Waals surface area contributed by atoms with Gasteiger partial charge in [-0.2, -0.15) is 0 Å². The van der Waals surface area contributed by atoms with Gasteiger partial charge in [-0.3, -0.25) is 4.79 Å². The average Bonchev–Trinajstić information content (AvgIpc) is 2.45. The van der Waals surface area contributed by atoms with Gasteiger partial charge in [-0.25, -0.2) is 0 Å².